The molecule has 0 aromatic heterocycles. The van der Waals surface area contributed by atoms with Crippen molar-refractivity contribution in [1.29, 1.82) is 0 Å². The quantitative estimate of drug-likeness (QED) is 0.0121. The van der Waals surface area contributed by atoms with Gasteiger partial charge >= 0.3 is 0 Å². The fraction of sp³-hybridized carbons (Fsp3) is 0.469. The van der Waals surface area contributed by atoms with Gasteiger partial charge in [0.1, 0.15) is 4.90 Å². The highest BCUT2D eigenvalue weighted by Crippen LogP contribution is 2.33. The standard InChI is InChI=1S/C64H82N6O14S4/c1-3-49(71)12-9-13-50(72)42-83-35-31-70(28-26-46-38-59-63(85-60-19-6-4-17-54(60)67-59)41-57(46)66-47-11-8-16-53(39-47)87(75,76)77)32-36-84-44-52(74)15-10-14-51(73)43-82-34-30-69(29-33-81-2)27-25-45-21-24-61-58(37-45)68-55-23-22-48(40-62(55)86-61)65-56-18-5-7-20-64(56)88(78,79)80/h4-7,16-24,37-41,49-52,71-74H,3,8-15,25-36,42-44H2,1-2H3,(H,75,76,77)(H,78,79,80)/b65-48-,66-57+. The number of aromatic nitrogens is 2. The monoisotopic (exact) mass is 1290 g/mol. The van der Waals surface area contributed by atoms with E-state index in [1.807, 2.05) is 55.5 Å². The van der Waals surface area contributed by atoms with Crippen molar-refractivity contribution in [3.8, 4) is 21.1 Å². The molecule has 5 aliphatic rings. The number of hydrogen-bond acceptors (Lipinski definition) is 20. The summed E-state index contributed by atoms with van der Waals surface area (Å²) in [5, 5.41) is 43.5. The molecule has 0 amide bonds. The molecule has 0 saturated carbocycles. The lowest BCUT2D eigenvalue weighted by Gasteiger charge is -2.23. The number of methoxy groups -OCH3 is 1. The van der Waals surface area contributed by atoms with Gasteiger partial charge in [0.05, 0.1) is 134 Å². The highest BCUT2D eigenvalue weighted by molar-refractivity contribution is 7.90. The lowest BCUT2D eigenvalue weighted by Crippen LogP contribution is -2.34. The van der Waals surface area contributed by atoms with Gasteiger partial charge in [-0.25, -0.2) is 15.0 Å². The molecule has 2 heterocycles. The van der Waals surface area contributed by atoms with Crippen LogP contribution in [0.25, 0.3) is 41.6 Å². The number of allylic oxidation sites excluding steroid dienone is 3. The molecule has 20 nitrogen and oxygen atoms in total. The molecular formula is C64H82N6O14S4. The van der Waals surface area contributed by atoms with Crippen LogP contribution in [0.1, 0.15) is 75.8 Å². The topological polar surface area (TPSA) is 284 Å². The van der Waals surface area contributed by atoms with E-state index in [9.17, 15) is 46.4 Å². The van der Waals surface area contributed by atoms with E-state index in [-0.39, 0.29) is 41.4 Å². The predicted octanol–water partition coefficient (Wildman–Crippen LogP) is 8.22. The third-order valence-electron chi connectivity index (χ3n) is 15.2. The van der Waals surface area contributed by atoms with E-state index in [2.05, 4.69) is 33.0 Å². The van der Waals surface area contributed by atoms with Crippen LogP contribution < -0.4 is 10.7 Å². The molecule has 3 aromatic carbocycles. The summed E-state index contributed by atoms with van der Waals surface area (Å²) in [7, 11) is -7.18. The second-order valence-electron chi connectivity index (χ2n) is 22.0. The predicted molar refractivity (Wildman–Crippen MR) is 343 cm³/mol. The average molecular weight is 1290 g/mol. The summed E-state index contributed by atoms with van der Waals surface area (Å²) in [5.41, 5.74) is 6.03. The highest BCUT2D eigenvalue weighted by Gasteiger charge is 2.20. The first-order valence-electron chi connectivity index (χ1n) is 30.0. The van der Waals surface area contributed by atoms with Crippen LogP contribution in [0.15, 0.2) is 135 Å². The molecule has 0 saturated heterocycles. The Morgan fingerprint density at radius 2 is 1.19 bits per heavy atom. The van der Waals surface area contributed by atoms with Gasteiger partial charge in [-0.15, -0.1) is 22.7 Å². The number of para-hydroxylation sites is 2. The van der Waals surface area contributed by atoms with Gasteiger partial charge in [0, 0.05) is 52.1 Å². The second-order valence-corrected chi connectivity index (χ2v) is 27.0. The Kier molecular flexibility index (Phi) is 26.6. The third kappa shape index (κ3) is 21.7. The van der Waals surface area contributed by atoms with Crippen molar-refractivity contribution < 1.29 is 65.3 Å². The van der Waals surface area contributed by atoms with Crippen molar-refractivity contribution in [3.05, 3.63) is 142 Å². The Morgan fingerprint density at radius 1 is 0.602 bits per heavy atom. The molecule has 4 atom stereocenters. The van der Waals surface area contributed by atoms with E-state index in [1.54, 1.807) is 41.9 Å². The van der Waals surface area contributed by atoms with Crippen LogP contribution in [0.2, 0.25) is 0 Å². The van der Waals surface area contributed by atoms with Crippen LogP contribution >= 0.6 is 22.7 Å². The van der Waals surface area contributed by atoms with Crippen LogP contribution in [0.4, 0.5) is 5.69 Å². The largest absolute Gasteiger partial charge is 0.393 e. The first kappa shape index (κ1) is 68.5. The molecular weight excluding hydrogens is 1200 g/mol. The molecule has 0 radical (unpaired) electrons. The van der Waals surface area contributed by atoms with Crippen molar-refractivity contribution >= 4 is 69.0 Å². The minimum absolute atomic E-state index is 0.115. The summed E-state index contributed by atoms with van der Waals surface area (Å²) in [6, 6.07) is 29.7. The molecule has 8 rings (SSSR count). The fourth-order valence-electron chi connectivity index (χ4n) is 10.2. The summed E-state index contributed by atoms with van der Waals surface area (Å²) in [4.78, 5) is 25.2. The number of nitrogens with zero attached hydrogens (tertiary/aromatic N) is 6. The smallest absolute Gasteiger partial charge is 0.296 e. The number of aliphatic hydroxyl groups is 4. The zero-order valence-electron chi connectivity index (χ0n) is 49.9. The zero-order valence-corrected chi connectivity index (χ0v) is 53.2. The van der Waals surface area contributed by atoms with Crippen molar-refractivity contribution in [2.75, 3.05) is 92.6 Å². The molecule has 2 aliphatic heterocycles. The molecule has 476 valence electrons. The van der Waals surface area contributed by atoms with E-state index in [1.165, 1.54) is 30.4 Å². The molecule has 0 bridgehead atoms. The van der Waals surface area contributed by atoms with Crippen LogP contribution in [-0.2, 0) is 52.0 Å². The van der Waals surface area contributed by atoms with Crippen molar-refractivity contribution in [2.24, 2.45) is 9.98 Å². The Hall–Kier alpha value is -5.36. The maximum Gasteiger partial charge on any atom is 0.296 e. The Bertz CT molecular complexity index is 3750. The maximum absolute atomic E-state index is 12.1. The molecule has 24 heteroatoms. The molecule has 88 heavy (non-hydrogen) atoms. The number of ether oxygens (including phenoxy) is 4. The maximum atomic E-state index is 12.1. The summed E-state index contributed by atoms with van der Waals surface area (Å²) in [6.45, 7) is 7.69. The first-order valence-corrected chi connectivity index (χ1v) is 34.5. The van der Waals surface area contributed by atoms with Crippen molar-refractivity contribution in [2.45, 2.75) is 107 Å². The van der Waals surface area contributed by atoms with Crippen LogP contribution in [0.5, 0.6) is 0 Å². The number of hydrogen-bond donors (Lipinski definition) is 6. The summed E-state index contributed by atoms with van der Waals surface area (Å²) < 4.78 is 92.8. The van der Waals surface area contributed by atoms with E-state index >= 15 is 0 Å². The average Bonchev–Trinajstić information content (AvgIpc) is 2.22. The molecule has 4 unspecified atom stereocenters. The lowest BCUT2D eigenvalue weighted by molar-refractivity contribution is 0.00322. The van der Waals surface area contributed by atoms with Gasteiger partial charge in [-0.2, -0.15) is 16.8 Å². The summed E-state index contributed by atoms with van der Waals surface area (Å²) in [6.07, 6.45) is 6.65. The van der Waals surface area contributed by atoms with Gasteiger partial charge in [0.2, 0.25) is 0 Å². The summed E-state index contributed by atoms with van der Waals surface area (Å²) in [5.74, 6) is 0. The number of aliphatic hydroxyl groups excluding tert-OH is 4. The molecule has 0 spiro atoms. The van der Waals surface area contributed by atoms with Crippen LogP contribution in [-0.4, -0.2) is 183 Å². The number of rotatable bonds is 37. The molecule has 0 fully saturated rings. The fourth-order valence-corrected chi connectivity index (χ4v) is 13.4. The van der Waals surface area contributed by atoms with Gasteiger partial charge < -0.3 is 39.4 Å². The lowest BCUT2D eigenvalue weighted by atomic mass is 10.1. The molecule has 3 aliphatic carbocycles. The van der Waals surface area contributed by atoms with Gasteiger partial charge in [-0.1, -0.05) is 43.3 Å². The van der Waals surface area contributed by atoms with Crippen molar-refractivity contribution in [1.82, 2.24) is 19.8 Å². The van der Waals surface area contributed by atoms with Gasteiger partial charge in [-0.3, -0.25) is 23.9 Å². The molecule has 3 aromatic rings. The zero-order chi connectivity index (χ0) is 62.5. The second kappa shape index (κ2) is 34.2. The third-order valence-corrected chi connectivity index (χ3v) is 19.2. The Balaban J connectivity index is 0.791. The minimum Gasteiger partial charge on any atom is -0.393 e. The van der Waals surface area contributed by atoms with E-state index in [0.29, 0.717) is 140 Å². The van der Waals surface area contributed by atoms with Crippen molar-refractivity contribution in [3.63, 3.8) is 0 Å². The first-order chi connectivity index (χ1) is 42.4. The van der Waals surface area contributed by atoms with E-state index in [4.69, 9.17) is 33.9 Å². The normalized spacial score (nSPS) is 15.2. The van der Waals surface area contributed by atoms with Crippen LogP contribution in [0.3, 0.4) is 0 Å². The molecule has 6 N–H and O–H groups in total. The summed E-state index contributed by atoms with van der Waals surface area (Å²) >= 11 is 3.16. The van der Waals surface area contributed by atoms with E-state index in [0.717, 1.165) is 65.7 Å². The van der Waals surface area contributed by atoms with Gasteiger partial charge in [0.15, 0.2) is 0 Å². The SMILES string of the molecule is CCC(O)CCCC(O)COCCN(CCOCC(O)CCCC(O)COCCN(CCOC)CCc1ccc2sc3c/c(=N\c4ccccc4S(=O)(=O)O)ccc-3nc2c1)CCc1cc2nc3ccccc3sc-2c/c1=N\C1=CC(S(=O)(=O)O)=CCC1. The number of benzene rings is 5. The van der Waals surface area contributed by atoms with E-state index < -0.39 is 38.5 Å². The Morgan fingerprint density at radius 3 is 1.84 bits per heavy atom. The highest BCUT2D eigenvalue weighted by atomic mass is 32.2. The van der Waals surface area contributed by atoms with Gasteiger partial charge in [0.25, 0.3) is 20.2 Å². The van der Waals surface area contributed by atoms with Crippen LogP contribution in [0, 0.1) is 0 Å². The Labute approximate surface area is 523 Å². The number of fused-ring (bicyclic) bond motifs is 4. The van der Waals surface area contributed by atoms with Gasteiger partial charge in [-0.05, 0) is 155 Å². The minimum atomic E-state index is -4.44.